The third kappa shape index (κ3) is 6.23. The number of carbonyl (C=O) groups excluding carboxylic acids is 1. The van der Waals surface area contributed by atoms with Crippen molar-refractivity contribution in [1.29, 1.82) is 0 Å². The van der Waals surface area contributed by atoms with Crippen LogP contribution in [0.5, 0.6) is 5.75 Å². The molecule has 6 atom stereocenters. The third-order valence-electron chi connectivity index (χ3n) is 6.18. The molecule has 3 aromatic rings. The minimum absolute atomic E-state index is 0.173. The van der Waals surface area contributed by atoms with Gasteiger partial charge in [-0.1, -0.05) is 18.2 Å². The van der Waals surface area contributed by atoms with Crippen LogP contribution >= 0.6 is 18.2 Å². The van der Waals surface area contributed by atoms with Crippen molar-refractivity contribution < 1.29 is 32.8 Å². The van der Waals surface area contributed by atoms with E-state index in [2.05, 4.69) is 25.4 Å². The van der Waals surface area contributed by atoms with Gasteiger partial charge < -0.3 is 28.9 Å². The number of aryl methyl sites for hydroxylation is 1. The summed E-state index contributed by atoms with van der Waals surface area (Å²) < 4.78 is 40.2. The fraction of sp³-hybridized carbons (Fsp3) is 0.500. The number of nitrogens with one attached hydrogen (secondary N) is 2. The molecular weight excluding hydrogens is 586 g/mol. The number of carbonyl (C=O) groups is 1. The summed E-state index contributed by atoms with van der Waals surface area (Å²) in [7, 11) is 1.68. The molecule has 218 valence electrons. The molecule has 12 nitrogen and oxygen atoms in total. The van der Waals surface area contributed by atoms with E-state index >= 15 is 4.39 Å². The largest absolute Gasteiger partial charge is 0.465 e. The summed E-state index contributed by atoms with van der Waals surface area (Å²) in [5.74, 6) is 0.364. The van der Waals surface area contributed by atoms with Crippen molar-refractivity contribution in [2.75, 3.05) is 31.5 Å². The summed E-state index contributed by atoms with van der Waals surface area (Å²) in [6, 6.07) is 7.73. The summed E-state index contributed by atoms with van der Waals surface area (Å²) in [5, 5.41) is 16.9. The van der Waals surface area contributed by atoms with Gasteiger partial charge in [0.2, 0.25) is 0 Å². The summed E-state index contributed by atoms with van der Waals surface area (Å²) in [6.07, 6.45) is -3.60. The van der Waals surface area contributed by atoms with E-state index in [0.29, 0.717) is 28.6 Å². The summed E-state index contributed by atoms with van der Waals surface area (Å²) >= 11 is 12.0. The fourth-order valence-electron chi connectivity index (χ4n) is 4.15. The lowest BCUT2D eigenvalue weighted by Crippen LogP contribution is -2.48. The molecule has 1 aromatic carbocycles. The molecule has 0 aliphatic carbocycles. The lowest BCUT2D eigenvalue weighted by molar-refractivity contribution is -0.144. The van der Waals surface area contributed by atoms with Crippen LogP contribution < -0.4 is 14.9 Å². The Morgan fingerprint density at radius 1 is 1.38 bits per heavy atom. The SMILES string of the molecule is CCOC(=O)[C@H](C)N[P@](=S)(OC[C@@]1(CCl)O[C@@H](n2cnc3c(NC)nc(C)nc32)[C@H](F)[C@@H]1O)Oc1ccccc1. The van der Waals surface area contributed by atoms with Crippen LogP contribution in [0, 0.1) is 6.92 Å². The van der Waals surface area contributed by atoms with Crippen molar-refractivity contribution in [3.8, 4) is 5.75 Å². The number of esters is 1. The number of hydrogen-bond donors (Lipinski definition) is 3. The monoisotopic (exact) mass is 616 g/mol. The van der Waals surface area contributed by atoms with Gasteiger partial charge >= 0.3 is 12.6 Å². The smallest absolute Gasteiger partial charge is 0.323 e. The number of aliphatic hydroxyl groups is 1. The number of imidazole rings is 1. The molecule has 2 aromatic heterocycles. The molecular formula is C24H31ClFN6O6PS. The Morgan fingerprint density at radius 3 is 2.75 bits per heavy atom. The zero-order valence-corrected chi connectivity index (χ0v) is 24.8. The Bertz CT molecular complexity index is 1390. The molecule has 1 fully saturated rings. The summed E-state index contributed by atoms with van der Waals surface area (Å²) in [5.41, 5.74) is -1.01. The number of para-hydroxylation sites is 1. The molecule has 0 amide bonds. The molecule has 0 unspecified atom stereocenters. The molecule has 0 bridgehead atoms. The van der Waals surface area contributed by atoms with Gasteiger partial charge in [0.25, 0.3) is 0 Å². The number of halogens is 2. The van der Waals surface area contributed by atoms with Gasteiger partial charge in [0.15, 0.2) is 29.4 Å². The first-order valence-corrected chi connectivity index (χ1v) is 15.6. The highest BCUT2D eigenvalue weighted by molar-refractivity contribution is 8.09. The van der Waals surface area contributed by atoms with Crippen molar-refractivity contribution in [3.63, 3.8) is 0 Å². The molecule has 1 saturated heterocycles. The van der Waals surface area contributed by atoms with E-state index in [1.165, 1.54) is 10.9 Å². The van der Waals surface area contributed by atoms with E-state index < -0.39 is 49.4 Å². The van der Waals surface area contributed by atoms with Gasteiger partial charge in [-0.25, -0.2) is 24.4 Å². The van der Waals surface area contributed by atoms with Gasteiger partial charge in [0.05, 0.1) is 25.4 Å². The number of hydrogen-bond acceptors (Lipinski definition) is 11. The van der Waals surface area contributed by atoms with E-state index in [1.54, 1.807) is 58.2 Å². The first-order chi connectivity index (χ1) is 19.1. The van der Waals surface area contributed by atoms with Crippen molar-refractivity contribution in [3.05, 3.63) is 42.5 Å². The number of alkyl halides is 2. The number of nitrogens with zero attached hydrogens (tertiary/aromatic N) is 4. The zero-order chi connectivity index (χ0) is 29.1. The number of aliphatic hydroxyl groups excluding tert-OH is 1. The van der Waals surface area contributed by atoms with Gasteiger partial charge in [-0.05, 0) is 44.7 Å². The van der Waals surface area contributed by atoms with Crippen LogP contribution in [0.3, 0.4) is 0 Å². The van der Waals surface area contributed by atoms with Crippen LogP contribution in [0.15, 0.2) is 36.7 Å². The molecule has 40 heavy (non-hydrogen) atoms. The van der Waals surface area contributed by atoms with Crippen LogP contribution in [0.25, 0.3) is 11.2 Å². The van der Waals surface area contributed by atoms with Gasteiger partial charge in [0, 0.05) is 7.05 Å². The van der Waals surface area contributed by atoms with Crippen molar-refractivity contribution >= 4 is 53.0 Å². The molecule has 16 heteroatoms. The minimum atomic E-state index is -3.50. The van der Waals surface area contributed by atoms with Gasteiger partial charge in [-0.3, -0.25) is 9.36 Å². The molecule has 1 aliphatic heterocycles. The van der Waals surface area contributed by atoms with Crippen LogP contribution in [0.4, 0.5) is 10.2 Å². The van der Waals surface area contributed by atoms with Crippen LogP contribution in [0.1, 0.15) is 25.9 Å². The van der Waals surface area contributed by atoms with E-state index in [1.807, 2.05) is 0 Å². The van der Waals surface area contributed by atoms with Gasteiger partial charge in [0.1, 0.15) is 29.3 Å². The van der Waals surface area contributed by atoms with Crippen molar-refractivity contribution in [2.45, 2.75) is 50.9 Å². The maximum Gasteiger partial charge on any atom is 0.323 e. The Balaban J connectivity index is 1.61. The molecule has 1 aliphatic rings. The average molecular weight is 617 g/mol. The van der Waals surface area contributed by atoms with Crippen LogP contribution in [-0.4, -0.2) is 80.7 Å². The maximum absolute atomic E-state index is 15.7. The first kappa shape index (κ1) is 30.5. The Kier molecular flexibility index (Phi) is 9.61. The third-order valence-corrected chi connectivity index (χ3v) is 9.11. The molecule has 0 radical (unpaired) electrons. The lowest BCUT2D eigenvalue weighted by Gasteiger charge is -2.33. The quantitative estimate of drug-likeness (QED) is 0.156. The van der Waals surface area contributed by atoms with Gasteiger partial charge in [-0.15, -0.1) is 11.6 Å². The second-order valence-electron chi connectivity index (χ2n) is 9.07. The van der Waals surface area contributed by atoms with Crippen LogP contribution in [-0.2, 0) is 30.6 Å². The average Bonchev–Trinajstić information content (AvgIpc) is 3.46. The van der Waals surface area contributed by atoms with Crippen molar-refractivity contribution in [1.82, 2.24) is 24.6 Å². The first-order valence-electron chi connectivity index (χ1n) is 12.4. The minimum Gasteiger partial charge on any atom is -0.465 e. The summed E-state index contributed by atoms with van der Waals surface area (Å²) in [6.45, 7) is 1.14. The number of fused-ring (bicyclic) bond motifs is 1. The standard InChI is InChI=1S/C24H31ClFN6O6PS/c1-5-35-23(34)14(2)31-39(40,38-16-9-7-6-8-10-16)36-12-24(11-25)19(33)17(26)22(37-24)32-13-28-18-20(27-4)29-15(3)30-21(18)32/h6-10,13-14,17,19,22,33H,5,11-12H2,1-4H3,(H,31,40)(H,27,29,30)/t14-,17+,19-,22+,24+,39-/m0/s1. The number of rotatable bonds is 12. The molecule has 0 saturated carbocycles. The summed E-state index contributed by atoms with van der Waals surface area (Å²) in [4.78, 5) is 25.3. The van der Waals surface area contributed by atoms with Gasteiger partial charge in [-0.2, -0.15) is 0 Å². The Hall–Kier alpha value is -2.45. The fourth-order valence-corrected chi connectivity index (χ4v) is 6.88. The maximum atomic E-state index is 15.7. The Morgan fingerprint density at radius 2 is 2.10 bits per heavy atom. The number of benzene rings is 1. The second-order valence-corrected chi connectivity index (χ2v) is 12.5. The Labute approximate surface area is 240 Å². The second kappa shape index (κ2) is 12.6. The van der Waals surface area contributed by atoms with E-state index in [0.717, 1.165) is 0 Å². The highest BCUT2D eigenvalue weighted by Gasteiger charge is 2.57. The number of aromatic nitrogens is 4. The molecule has 3 N–H and O–H groups in total. The van der Waals surface area contributed by atoms with Crippen LogP contribution in [0.2, 0.25) is 0 Å². The topological polar surface area (TPSA) is 142 Å². The lowest BCUT2D eigenvalue weighted by atomic mass is 9.99. The zero-order valence-electron chi connectivity index (χ0n) is 22.3. The normalized spacial score (nSPS) is 24.9. The van der Waals surface area contributed by atoms with E-state index in [9.17, 15) is 9.90 Å². The molecule has 3 heterocycles. The van der Waals surface area contributed by atoms with Crippen molar-refractivity contribution in [2.24, 2.45) is 0 Å². The number of ether oxygens (including phenoxy) is 2. The highest BCUT2D eigenvalue weighted by atomic mass is 35.5. The highest BCUT2D eigenvalue weighted by Crippen LogP contribution is 2.49. The number of anilines is 1. The predicted molar refractivity (Wildman–Crippen MR) is 151 cm³/mol. The van der Waals surface area contributed by atoms with E-state index in [-0.39, 0.29) is 12.5 Å². The molecule has 0 spiro atoms. The van der Waals surface area contributed by atoms with E-state index in [4.69, 9.17) is 41.9 Å². The predicted octanol–water partition coefficient (Wildman–Crippen LogP) is 3.24. The molecule has 4 rings (SSSR count).